The minimum atomic E-state index is -0.449. The van der Waals surface area contributed by atoms with Gasteiger partial charge < -0.3 is 9.47 Å². The summed E-state index contributed by atoms with van der Waals surface area (Å²) in [6.07, 6.45) is 2.81. The summed E-state index contributed by atoms with van der Waals surface area (Å²) in [7, 11) is 1.27. The number of aliphatic imine (C=N–C) groups is 1. The van der Waals surface area contributed by atoms with Crippen molar-refractivity contribution in [2.45, 2.75) is 0 Å². The molecule has 0 heterocycles. The van der Waals surface area contributed by atoms with Gasteiger partial charge in [0.15, 0.2) is 0 Å². The summed E-state index contributed by atoms with van der Waals surface area (Å²) < 4.78 is 9.00. The summed E-state index contributed by atoms with van der Waals surface area (Å²) in [4.78, 5) is 13.6. The second-order valence-corrected chi connectivity index (χ2v) is 1.50. The molecule has 0 aromatic rings. The van der Waals surface area contributed by atoms with E-state index in [4.69, 9.17) is 10.00 Å². The molecule has 0 aromatic carbocycles. The molecule has 0 unspecified atom stereocenters. The summed E-state index contributed by atoms with van der Waals surface area (Å²) in [5.74, 6) is -0.449. The van der Waals surface area contributed by atoms with Crippen LogP contribution >= 0.6 is 0 Å². The third-order valence-electron chi connectivity index (χ3n) is 0.789. The summed E-state index contributed by atoms with van der Waals surface area (Å²) >= 11 is 0. The maximum absolute atomic E-state index is 10.4. The van der Waals surface area contributed by atoms with Crippen molar-refractivity contribution in [1.29, 1.82) is 5.26 Å². The van der Waals surface area contributed by atoms with Gasteiger partial charge in [0.2, 0.25) is 6.19 Å². The Morgan fingerprint density at radius 2 is 2.55 bits per heavy atom. The molecule has 0 amide bonds. The van der Waals surface area contributed by atoms with Gasteiger partial charge in [-0.05, 0) is 0 Å². The Kier molecular flexibility index (Phi) is 5.85. The van der Waals surface area contributed by atoms with Gasteiger partial charge in [-0.3, -0.25) is 0 Å². The molecule has 5 heteroatoms. The molecule has 0 rings (SSSR count). The van der Waals surface area contributed by atoms with E-state index in [1.165, 1.54) is 13.3 Å². The Balaban J connectivity index is 3.22. The summed E-state index contributed by atoms with van der Waals surface area (Å²) in [5, 5.41) is 7.93. The number of rotatable bonds is 4. The fourth-order valence-corrected chi connectivity index (χ4v) is 0.332. The van der Waals surface area contributed by atoms with Crippen LogP contribution in [0, 0.1) is 11.5 Å². The minimum absolute atomic E-state index is 0.117. The highest BCUT2D eigenvalue weighted by molar-refractivity contribution is 5.70. The molecular weight excluding hydrogens is 148 g/mol. The number of methoxy groups -OCH3 is 1. The van der Waals surface area contributed by atoms with E-state index >= 15 is 0 Å². The Morgan fingerprint density at radius 1 is 1.82 bits per heavy atom. The summed E-state index contributed by atoms with van der Waals surface area (Å²) in [6.45, 7) is 0.0244. The van der Waals surface area contributed by atoms with Crippen LogP contribution in [0.25, 0.3) is 0 Å². The summed E-state index contributed by atoms with van der Waals surface area (Å²) in [6, 6.07) is 0. The second kappa shape index (κ2) is 6.71. The predicted octanol–water partition coefficient (Wildman–Crippen LogP) is -0.272. The topological polar surface area (TPSA) is 71.7 Å². The maximum Gasteiger partial charge on any atom is 0.331 e. The van der Waals surface area contributed by atoms with E-state index in [0.29, 0.717) is 0 Å². The van der Waals surface area contributed by atoms with Crippen molar-refractivity contribution in [2.24, 2.45) is 4.99 Å². The number of nitriles is 1. The fourth-order valence-electron chi connectivity index (χ4n) is 0.332. The molecule has 0 radical (unpaired) electrons. The molecule has 0 N–H and O–H groups in total. The first-order valence-corrected chi connectivity index (χ1v) is 2.86. The molecule has 0 aliphatic heterocycles. The lowest BCUT2D eigenvalue weighted by Gasteiger charge is -1.96. The molecule has 0 fully saturated rings. The van der Waals surface area contributed by atoms with Crippen LogP contribution in [-0.4, -0.2) is 32.5 Å². The average molecular weight is 156 g/mol. The quantitative estimate of drug-likeness (QED) is 0.243. The van der Waals surface area contributed by atoms with Gasteiger partial charge in [0.05, 0.1) is 13.7 Å². The van der Waals surface area contributed by atoms with E-state index in [9.17, 15) is 4.79 Å². The van der Waals surface area contributed by atoms with Crippen LogP contribution in [-0.2, 0) is 14.3 Å². The van der Waals surface area contributed by atoms with Crippen molar-refractivity contribution in [3.63, 3.8) is 0 Å². The van der Waals surface area contributed by atoms with Crippen molar-refractivity contribution in [2.75, 3.05) is 20.3 Å². The average Bonchev–Trinajstić information content (AvgIpc) is 2.04. The molecule has 0 atom stereocenters. The molecule has 0 aromatic heterocycles. The molecule has 5 nitrogen and oxygen atoms in total. The molecule has 11 heavy (non-hydrogen) atoms. The van der Waals surface area contributed by atoms with Crippen LogP contribution in [0.1, 0.15) is 0 Å². The number of hydrogen-bond acceptors (Lipinski definition) is 5. The zero-order valence-corrected chi connectivity index (χ0v) is 6.11. The van der Waals surface area contributed by atoms with Gasteiger partial charge in [0.25, 0.3) is 0 Å². The van der Waals surface area contributed by atoms with E-state index in [-0.39, 0.29) is 13.2 Å². The van der Waals surface area contributed by atoms with Crippen LogP contribution in [0.2, 0.25) is 0 Å². The lowest BCUT2D eigenvalue weighted by atomic mass is 10.7. The zero-order chi connectivity index (χ0) is 8.53. The number of carbonyl (C=O) groups is 1. The number of ether oxygens (including phenoxy) is 2. The van der Waals surface area contributed by atoms with Crippen molar-refractivity contribution < 1.29 is 14.3 Å². The van der Waals surface area contributed by atoms with Crippen molar-refractivity contribution >= 4 is 12.2 Å². The molecule has 0 saturated heterocycles. The van der Waals surface area contributed by atoms with E-state index in [1.54, 1.807) is 6.19 Å². The van der Waals surface area contributed by atoms with Crippen molar-refractivity contribution in [3.8, 4) is 6.19 Å². The van der Waals surface area contributed by atoms with Crippen LogP contribution in [0.5, 0.6) is 0 Å². The van der Waals surface area contributed by atoms with Crippen molar-refractivity contribution in [1.82, 2.24) is 0 Å². The lowest BCUT2D eigenvalue weighted by molar-refractivity contribution is -0.145. The SMILES string of the molecule is COC(=O)COCC=NC#N. The van der Waals surface area contributed by atoms with Crippen LogP contribution in [0.15, 0.2) is 4.99 Å². The number of hydrogen-bond donors (Lipinski definition) is 0. The van der Waals surface area contributed by atoms with Gasteiger partial charge in [0.1, 0.15) is 6.61 Å². The largest absolute Gasteiger partial charge is 0.467 e. The predicted molar refractivity (Wildman–Crippen MR) is 36.9 cm³/mol. The smallest absolute Gasteiger partial charge is 0.331 e. The Morgan fingerprint density at radius 3 is 3.09 bits per heavy atom. The van der Waals surface area contributed by atoms with Crippen LogP contribution in [0.3, 0.4) is 0 Å². The molecule has 0 bridgehead atoms. The first-order chi connectivity index (χ1) is 5.31. The molecule has 0 saturated carbocycles. The Labute approximate surface area is 64.2 Å². The zero-order valence-electron chi connectivity index (χ0n) is 6.11. The number of carbonyl (C=O) groups excluding carboxylic acids is 1. The van der Waals surface area contributed by atoms with E-state index < -0.39 is 5.97 Å². The highest BCUT2D eigenvalue weighted by atomic mass is 16.6. The minimum Gasteiger partial charge on any atom is -0.467 e. The van der Waals surface area contributed by atoms with Crippen LogP contribution < -0.4 is 0 Å². The van der Waals surface area contributed by atoms with E-state index in [2.05, 4.69) is 9.73 Å². The number of esters is 1. The van der Waals surface area contributed by atoms with Gasteiger partial charge in [-0.15, -0.1) is 0 Å². The standard InChI is InChI=1S/C6H8N2O3/c1-10-6(9)4-11-3-2-8-5-7/h2H,3-4H2,1H3. The van der Waals surface area contributed by atoms with Gasteiger partial charge in [-0.1, -0.05) is 0 Å². The summed E-state index contributed by atoms with van der Waals surface area (Å²) in [5.41, 5.74) is 0. The number of nitrogens with zero attached hydrogens (tertiary/aromatic N) is 2. The molecular formula is C6H8N2O3. The molecule has 0 aliphatic carbocycles. The van der Waals surface area contributed by atoms with E-state index in [1.807, 2.05) is 0 Å². The van der Waals surface area contributed by atoms with E-state index in [0.717, 1.165) is 0 Å². The van der Waals surface area contributed by atoms with Gasteiger partial charge >= 0.3 is 5.97 Å². The second-order valence-electron chi connectivity index (χ2n) is 1.50. The lowest BCUT2D eigenvalue weighted by Crippen LogP contribution is -2.11. The molecule has 0 aliphatic rings. The highest BCUT2D eigenvalue weighted by Gasteiger charge is 1.96. The third-order valence-corrected chi connectivity index (χ3v) is 0.789. The van der Waals surface area contributed by atoms with Crippen molar-refractivity contribution in [3.05, 3.63) is 0 Å². The normalized spacial score (nSPS) is 9.45. The maximum atomic E-state index is 10.4. The van der Waals surface area contributed by atoms with Gasteiger partial charge in [0, 0.05) is 6.21 Å². The monoisotopic (exact) mass is 156 g/mol. The molecule has 0 spiro atoms. The third kappa shape index (κ3) is 6.48. The first-order valence-electron chi connectivity index (χ1n) is 2.86. The fraction of sp³-hybridized carbons (Fsp3) is 0.500. The molecule has 60 valence electrons. The van der Waals surface area contributed by atoms with Gasteiger partial charge in [-0.2, -0.15) is 10.3 Å². The highest BCUT2D eigenvalue weighted by Crippen LogP contribution is 1.76. The Hall–Kier alpha value is -1.41. The first kappa shape index (κ1) is 9.59. The van der Waals surface area contributed by atoms with Crippen LogP contribution in [0.4, 0.5) is 0 Å². The van der Waals surface area contributed by atoms with Gasteiger partial charge in [-0.25, -0.2) is 4.79 Å². The Bertz CT molecular complexity index is 183.